The van der Waals surface area contributed by atoms with Crippen molar-refractivity contribution in [1.29, 1.82) is 0 Å². The van der Waals surface area contributed by atoms with Crippen LogP contribution in [0.15, 0.2) is 59.3 Å². The van der Waals surface area contributed by atoms with Gasteiger partial charge < -0.3 is 19.2 Å². The standard InChI is InChI=1S/C33H35F4N5O4/c34-30-19-25(33(35,36)37)12-10-24(30)11-15-31-38-28(22-46-31)21-45-29-13-8-23(9-14-29)5-3-4-17-42-20-27(40-41-42)16-18-44-32(43)39-26-6-1-2-7-26/h8-15,19-20,22,26H,1-7,16-18,21H2,(H,39,43)/b15-11+. The van der Waals surface area contributed by atoms with Crippen molar-refractivity contribution in [3.63, 3.8) is 0 Å². The zero-order chi connectivity index (χ0) is 32.4. The Labute approximate surface area is 263 Å². The molecule has 0 atom stereocenters. The molecule has 1 saturated carbocycles. The normalized spacial score (nSPS) is 13.8. The highest BCUT2D eigenvalue weighted by Crippen LogP contribution is 2.30. The molecule has 2 heterocycles. The molecule has 0 unspecified atom stereocenters. The lowest BCUT2D eigenvalue weighted by Gasteiger charge is -2.11. The monoisotopic (exact) mass is 641 g/mol. The number of benzene rings is 2. The Morgan fingerprint density at radius 2 is 1.85 bits per heavy atom. The van der Waals surface area contributed by atoms with Crippen LogP contribution in [0.3, 0.4) is 0 Å². The van der Waals surface area contributed by atoms with Crippen molar-refractivity contribution < 1.29 is 36.2 Å². The molecule has 244 valence electrons. The first-order valence-corrected chi connectivity index (χ1v) is 15.2. The summed E-state index contributed by atoms with van der Waals surface area (Å²) >= 11 is 0. The van der Waals surface area contributed by atoms with Crippen molar-refractivity contribution in [2.24, 2.45) is 0 Å². The van der Waals surface area contributed by atoms with Gasteiger partial charge in [0.25, 0.3) is 0 Å². The van der Waals surface area contributed by atoms with Crippen LogP contribution in [0, 0.1) is 5.82 Å². The van der Waals surface area contributed by atoms with E-state index in [1.54, 1.807) is 0 Å². The Balaban J connectivity index is 0.971. The van der Waals surface area contributed by atoms with Crippen LogP contribution >= 0.6 is 0 Å². The number of alkyl carbamates (subject to hydrolysis) is 1. The number of aromatic nitrogens is 4. The maximum absolute atomic E-state index is 14.0. The number of nitrogens with one attached hydrogen (secondary N) is 1. The Morgan fingerprint density at radius 1 is 1.04 bits per heavy atom. The first kappa shape index (κ1) is 32.7. The van der Waals surface area contributed by atoms with E-state index in [-0.39, 0.29) is 36.8 Å². The average molecular weight is 642 g/mol. The predicted octanol–water partition coefficient (Wildman–Crippen LogP) is 7.41. The Morgan fingerprint density at radius 3 is 2.61 bits per heavy atom. The molecule has 46 heavy (non-hydrogen) atoms. The van der Waals surface area contributed by atoms with Gasteiger partial charge in [0.2, 0.25) is 5.89 Å². The van der Waals surface area contributed by atoms with Crippen LogP contribution < -0.4 is 10.1 Å². The van der Waals surface area contributed by atoms with Crippen molar-refractivity contribution in [1.82, 2.24) is 25.3 Å². The topological polar surface area (TPSA) is 104 Å². The van der Waals surface area contributed by atoms with Crippen LogP contribution in [0.5, 0.6) is 5.75 Å². The van der Waals surface area contributed by atoms with Crippen LogP contribution in [0.4, 0.5) is 22.4 Å². The highest BCUT2D eigenvalue weighted by molar-refractivity contribution is 5.67. The van der Waals surface area contributed by atoms with Crippen molar-refractivity contribution in [3.8, 4) is 5.75 Å². The first-order chi connectivity index (χ1) is 22.2. The van der Waals surface area contributed by atoms with Crippen LogP contribution in [-0.2, 0) is 36.9 Å². The lowest BCUT2D eigenvalue weighted by atomic mass is 10.1. The maximum Gasteiger partial charge on any atom is 0.416 e. The third-order valence-electron chi connectivity index (χ3n) is 7.57. The van der Waals surface area contributed by atoms with E-state index >= 15 is 0 Å². The van der Waals surface area contributed by atoms with Gasteiger partial charge in [-0.1, -0.05) is 36.3 Å². The zero-order valence-corrected chi connectivity index (χ0v) is 25.1. The van der Waals surface area contributed by atoms with Crippen molar-refractivity contribution in [2.75, 3.05) is 6.61 Å². The number of halogens is 4. The molecule has 0 spiro atoms. The molecule has 13 heteroatoms. The third kappa shape index (κ3) is 9.91. The van der Waals surface area contributed by atoms with Crippen molar-refractivity contribution in [2.45, 2.75) is 76.7 Å². The second kappa shape index (κ2) is 15.5. The van der Waals surface area contributed by atoms with E-state index in [0.717, 1.165) is 69.3 Å². The molecule has 4 aromatic rings. The lowest BCUT2D eigenvalue weighted by Crippen LogP contribution is -2.33. The summed E-state index contributed by atoms with van der Waals surface area (Å²) in [5.74, 6) is -0.164. The highest BCUT2D eigenvalue weighted by Gasteiger charge is 2.31. The predicted molar refractivity (Wildman–Crippen MR) is 161 cm³/mol. The van der Waals surface area contributed by atoms with Crippen molar-refractivity contribution >= 4 is 18.2 Å². The first-order valence-electron chi connectivity index (χ1n) is 15.2. The lowest BCUT2D eigenvalue weighted by molar-refractivity contribution is -0.137. The van der Waals surface area contributed by atoms with E-state index in [9.17, 15) is 22.4 Å². The largest absolute Gasteiger partial charge is 0.487 e. The number of amides is 1. The second-order valence-electron chi connectivity index (χ2n) is 11.1. The van der Waals surface area contributed by atoms with Gasteiger partial charge in [-0.25, -0.2) is 14.2 Å². The smallest absolute Gasteiger partial charge is 0.416 e. The van der Waals surface area contributed by atoms with Gasteiger partial charge in [0.1, 0.15) is 30.1 Å². The van der Waals surface area contributed by atoms with Gasteiger partial charge in [0, 0.05) is 36.8 Å². The van der Waals surface area contributed by atoms with Crippen LogP contribution in [-0.4, -0.2) is 38.7 Å². The summed E-state index contributed by atoms with van der Waals surface area (Å²) in [5, 5.41) is 11.2. The number of ether oxygens (including phenoxy) is 2. The summed E-state index contributed by atoms with van der Waals surface area (Å²) in [5.41, 5.74) is 1.39. The van der Waals surface area contributed by atoms with Crippen LogP contribution in [0.25, 0.3) is 12.2 Å². The van der Waals surface area contributed by atoms with Gasteiger partial charge in [-0.2, -0.15) is 13.2 Å². The molecule has 1 amide bonds. The minimum atomic E-state index is -4.61. The molecule has 0 saturated heterocycles. The summed E-state index contributed by atoms with van der Waals surface area (Å²) in [6.45, 7) is 1.15. The van der Waals surface area contributed by atoms with Gasteiger partial charge in [-0.05, 0) is 68.0 Å². The number of carbonyl (C=O) groups is 1. The van der Waals surface area contributed by atoms with Crippen molar-refractivity contribution in [3.05, 3.63) is 94.7 Å². The molecule has 2 aromatic carbocycles. The van der Waals surface area contributed by atoms with Crippen LogP contribution in [0.2, 0.25) is 0 Å². The van der Waals surface area contributed by atoms with Gasteiger partial charge in [0.15, 0.2) is 0 Å². The molecule has 1 fully saturated rings. The van der Waals surface area contributed by atoms with Crippen LogP contribution in [0.1, 0.15) is 72.5 Å². The zero-order valence-electron chi connectivity index (χ0n) is 25.1. The number of unbranched alkanes of at least 4 members (excludes halogenated alkanes) is 1. The second-order valence-corrected chi connectivity index (χ2v) is 11.1. The summed E-state index contributed by atoms with van der Waals surface area (Å²) < 4.78 is 70.4. The van der Waals surface area contributed by atoms with Gasteiger partial charge in [-0.15, -0.1) is 5.10 Å². The molecule has 9 nitrogen and oxygen atoms in total. The third-order valence-corrected chi connectivity index (χ3v) is 7.57. The number of rotatable bonds is 14. The van der Waals surface area contributed by atoms with Gasteiger partial charge in [0.05, 0.1) is 17.9 Å². The molecule has 0 aliphatic heterocycles. The number of hydrogen-bond acceptors (Lipinski definition) is 7. The van der Waals surface area contributed by atoms with E-state index in [4.69, 9.17) is 13.9 Å². The number of aryl methyl sites for hydroxylation is 2. The highest BCUT2D eigenvalue weighted by atomic mass is 19.4. The van der Waals surface area contributed by atoms with E-state index < -0.39 is 17.6 Å². The minimum absolute atomic E-state index is 0.0183. The van der Waals surface area contributed by atoms with E-state index in [1.165, 1.54) is 24.0 Å². The molecule has 0 radical (unpaired) electrons. The summed E-state index contributed by atoms with van der Waals surface area (Å²) in [7, 11) is 0. The summed E-state index contributed by atoms with van der Waals surface area (Å²) in [4.78, 5) is 16.1. The molecule has 0 bridgehead atoms. The fourth-order valence-electron chi connectivity index (χ4n) is 5.07. The molecule has 2 aromatic heterocycles. The SMILES string of the molecule is O=C(NC1CCCC1)OCCc1cn(CCCCc2ccc(OCc3coc(/C=C/c4ccc(C(F)(F)F)cc4F)n3)cc2)nn1. The fourth-order valence-corrected chi connectivity index (χ4v) is 5.07. The number of carbonyl (C=O) groups excluding carboxylic acids is 1. The molecule has 1 aliphatic rings. The Kier molecular flexibility index (Phi) is 11.1. The minimum Gasteiger partial charge on any atom is -0.487 e. The molecular weight excluding hydrogens is 606 g/mol. The molecule has 5 rings (SSSR count). The number of hydrogen-bond donors (Lipinski definition) is 1. The summed E-state index contributed by atoms with van der Waals surface area (Å²) in [6, 6.07) is 10.3. The number of nitrogens with zero attached hydrogens (tertiary/aromatic N) is 4. The Bertz CT molecular complexity index is 1590. The Hall–Kier alpha value is -4.68. The van der Waals surface area contributed by atoms with E-state index in [1.807, 2.05) is 35.1 Å². The number of oxazole rings is 1. The quantitative estimate of drug-likeness (QED) is 0.113. The molecule has 1 N–H and O–H groups in total. The average Bonchev–Trinajstić information content (AvgIpc) is 3.81. The molecular formula is C33H35F4N5O4. The summed E-state index contributed by atoms with van der Waals surface area (Å²) in [6.07, 6.45) is 8.63. The number of alkyl halides is 3. The van der Waals surface area contributed by atoms with E-state index in [0.29, 0.717) is 23.9 Å². The fraction of sp³-hybridized carbons (Fsp3) is 0.394. The van der Waals surface area contributed by atoms with Gasteiger partial charge in [-0.3, -0.25) is 4.68 Å². The van der Waals surface area contributed by atoms with E-state index in [2.05, 4.69) is 20.6 Å². The molecule has 1 aliphatic carbocycles. The maximum atomic E-state index is 14.0. The van der Waals surface area contributed by atoms with Gasteiger partial charge >= 0.3 is 12.3 Å².